The smallest absolute Gasteiger partial charge is 0.157 e. The molecule has 0 unspecified atom stereocenters. The van der Waals surface area contributed by atoms with Gasteiger partial charge in [0.1, 0.15) is 16.8 Å². The first-order valence-corrected chi connectivity index (χ1v) is 6.71. The van der Waals surface area contributed by atoms with E-state index >= 15 is 0 Å². The number of hydrogen-bond donors (Lipinski definition) is 0. The van der Waals surface area contributed by atoms with Crippen molar-refractivity contribution in [1.29, 1.82) is 0 Å². The average molecular weight is 330 g/mol. The van der Waals surface area contributed by atoms with E-state index in [0.717, 1.165) is 0 Å². The largest absolute Gasteiger partial charge is 0.489 e. The summed E-state index contributed by atoms with van der Waals surface area (Å²) >= 11 is 23.1. The summed E-state index contributed by atoms with van der Waals surface area (Å²) in [5.74, 6) is 0.971. The summed E-state index contributed by atoms with van der Waals surface area (Å²) in [7, 11) is 0. The monoisotopic (exact) mass is 328 g/mol. The highest BCUT2D eigenvalue weighted by Crippen LogP contribution is 2.37. The molecule has 0 atom stereocenters. The van der Waals surface area contributed by atoms with Crippen LogP contribution in [0.3, 0.4) is 0 Å². The van der Waals surface area contributed by atoms with E-state index < -0.39 is 0 Å². The van der Waals surface area contributed by atoms with E-state index in [2.05, 4.69) is 0 Å². The Morgan fingerprint density at radius 2 is 1.78 bits per heavy atom. The van der Waals surface area contributed by atoms with Crippen LogP contribution in [0.2, 0.25) is 10.0 Å². The highest BCUT2D eigenvalue weighted by atomic mass is 35.5. The molecule has 0 saturated carbocycles. The predicted octanol–water partition coefficient (Wildman–Crippen LogP) is 5.48. The second-order valence-corrected chi connectivity index (χ2v) is 5.51. The Hall–Kier alpha value is -0.280. The van der Waals surface area contributed by atoms with Gasteiger partial charge < -0.3 is 9.47 Å². The molecule has 0 aromatic heterocycles. The molecule has 0 aliphatic rings. The number of rotatable bonds is 5. The number of ether oxygens (including phenoxy) is 2. The van der Waals surface area contributed by atoms with Crippen LogP contribution >= 0.6 is 46.4 Å². The number of halogens is 4. The molecule has 0 heterocycles. The zero-order chi connectivity index (χ0) is 13.7. The summed E-state index contributed by atoms with van der Waals surface area (Å²) in [5.41, 5.74) is 0. The van der Waals surface area contributed by atoms with Crippen LogP contribution in [0.4, 0.5) is 0 Å². The molecule has 0 aliphatic carbocycles. The van der Waals surface area contributed by atoms with E-state index in [9.17, 15) is 0 Å². The molecule has 2 nitrogen and oxygen atoms in total. The van der Waals surface area contributed by atoms with Gasteiger partial charge in [0.15, 0.2) is 5.75 Å². The van der Waals surface area contributed by atoms with Crippen molar-refractivity contribution in [2.75, 3.05) is 6.61 Å². The summed E-state index contributed by atoms with van der Waals surface area (Å²) in [6.07, 6.45) is 1.51. The van der Waals surface area contributed by atoms with Gasteiger partial charge in [0, 0.05) is 12.1 Å². The molecule has 18 heavy (non-hydrogen) atoms. The van der Waals surface area contributed by atoms with E-state index in [1.165, 1.54) is 6.08 Å². The minimum absolute atomic E-state index is 0.00948. The van der Waals surface area contributed by atoms with E-state index in [1.807, 2.05) is 13.8 Å². The Kier molecular flexibility index (Phi) is 6.44. The van der Waals surface area contributed by atoms with Gasteiger partial charge in [0.2, 0.25) is 0 Å². The maximum absolute atomic E-state index is 6.06. The summed E-state index contributed by atoms with van der Waals surface area (Å²) in [6.45, 7) is 4.02. The Morgan fingerprint density at radius 3 is 2.22 bits per heavy atom. The van der Waals surface area contributed by atoms with Crippen LogP contribution in [0.5, 0.6) is 11.5 Å². The Bertz CT molecular complexity index is 417. The minimum Gasteiger partial charge on any atom is -0.489 e. The first kappa shape index (κ1) is 15.8. The van der Waals surface area contributed by atoms with Crippen molar-refractivity contribution in [3.63, 3.8) is 0 Å². The van der Waals surface area contributed by atoms with Gasteiger partial charge in [-0.3, -0.25) is 0 Å². The lowest BCUT2D eigenvalue weighted by Crippen LogP contribution is -2.06. The molecular weight excluding hydrogens is 318 g/mol. The van der Waals surface area contributed by atoms with Gasteiger partial charge in [-0.05, 0) is 19.9 Å². The lowest BCUT2D eigenvalue weighted by atomic mass is 10.3. The molecule has 0 bridgehead atoms. The summed E-state index contributed by atoms with van der Waals surface area (Å²) in [4.78, 5) is 0. The standard InChI is InChI=1S/C12H12Cl4O2/c1-7(2)18-12-9(13)5-8(6-10(12)14)17-4-3-11(15)16/h3,5-7H,4H2,1-2H3. The van der Waals surface area contributed by atoms with Crippen LogP contribution in [-0.2, 0) is 0 Å². The maximum atomic E-state index is 6.06. The molecule has 0 spiro atoms. The molecule has 0 radical (unpaired) electrons. The molecule has 0 N–H and O–H groups in total. The Balaban J connectivity index is 2.82. The third-order valence-corrected chi connectivity index (χ3v) is 2.68. The van der Waals surface area contributed by atoms with Gasteiger partial charge in [-0.25, -0.2) is 0 Å². The van der Waals surface area contributed by atoms with Gasteiger partial charge in [-0.1, -0.05) is 46.4 Å². The van der Waals surface area contributed by atoms with Crippen LogP contribution in [-0.4, -0.2) is 12.7 Å². The highest BCUT2D eigenvalue weighted by Gasteiger charge is 2.11. The average Bonchev–Trinajstić information content (AvgIpc) is 2.22. The Labute approximate surface area is 126 Å². The highest BCUT2D eigenvalue weighted by molar-refractivity contribution is 6.55. The SMILES string of the molecule is CC(C)Oc1c(Cl)cc(OCC=C(Cl)Cl)cc1Cl. The molecule has 0 amide bonds. The molecule has 100 valence electrons. The summed E-state index contributed by atoms with van der Waals surface area (Å²) in [5, 5.41) is 0.791. The van der Waals surface area contributed by atoms with Crippen LogP contribution in [0.15, 0.2) is 22.7 Å². The van der Waals surface area contributed by atoms with Gasteiger partial charge in [0.25, 0.3) is 0 Å². The van der Waals surface area contributed by atoms with Crippen molar-refractivity contribution < 1.29 is 9.47 Å². The molecule has 6 heteroatoms. The minimum atomic E-state index is -0.00948. The van der Waals surface area contributed by atoms with Crippen molar-refractivity contribution in [3.8, 4) is 11.5 Å². The quantitative estimate of drug-likeness (QED) is 0.712. The van der Waals surface area contributed by atoms with Crippen molar-refractivity contribution in [1.82, 2.24) is 0 Å². The fourth-order valence-electron chi connectivity index (χ4n) is 1.17. The molecule has 0 aliphatic heterocycles. The van der Waals surface area contributed by atoms with E-state index in [1.54, 1.807) is 12.1 Å². The molecule has 0 fully saturated rings. The van der Waals surface area contributed by atoms with Crippen LogP contribution in [0, 0.1) is 0 Å². The van der Waals surface area contributed by atoms with Crippen LogP contribution < -0.4 is 9.47 Å². The molecule has 0 saturated heterocycles. The van der Waals surface area contributed by atoms with Gasteiger partial charge in [-0.2, -0.15) is 0 Å². The summed E-state index contributed by atoms with van der Waals surface area (Å²) in [6, 6.07) is 3.25. The van der Waals surface area contributed by atoms with E-state index in [0.29, 0.717) is 21.5 Å². The second-order valence-electron chi connectivity index (χ2n) is 3.69. The van der Waals surface area contributed by atoms with Gasteiger partial charge >= 0.3 is 0 Å². The maximum Gasteiger partial charge on any atom is 0.157 e. The van der Waals surface area contributed by atoms with Crippen molar-refractivity contribution >= 4 is 46.4 Å². The first-order valence-electron chi connectivity index (χ1n) is 5.19. The Morgan fingerprint density at radius 1 is 1.22 bits per heavy atom. The fourth-order valence-corrected chi connectivity index (χ4v) is 1.85. The topological polar surface area (TPSA) is 18.5 Å². The van der Waals surface area contributed by atoms with Crippen molar-refractivity contribution in [2.45, 2.75) is 20.0 Å². The number of benzene rings is 1. The second kappa shape index (κ2) is 7.34. The molecule has 1 aromatic rings. The van der Waals surface area contributed by atoms with Gasteiger partial charge in [-0.15, -0.1) is 0 Å². The number of hydrogen-bond acceptors (Lipinski definition) is 2. The van der Waals surface area contributed by atoms with E-state index in [4.69, 9.17) is 55.9 Å². The zero-order valence-electron chi connectivity index (χ0n) is 9.84. The van der Waals surface area contributed by atoms with E-state index in [-0.39, 0.29) is 17.2 Å². The van der Waals surface area contributed by atoms with Crippen molar-refractivity contribution in [2.24, 2.45) is 0 Å². The normalized spacial score (nSPS) is 10.4. The van der Waals surface area contributed by atoms with Crippen molar-refractivity contribution in [3.05, 3.63) is 32.7 Å². The molecular formula is C12H12Cl4O2. The van der Waals surface area contributed by atoms with Crippen LogP contribution in [0.1, 0.15) is 13.8 Å². The third kappa shape index (κ3) is 5.15. The molecule has 1 rings (SSSR count). The lowest BCUT2D eigenvalue weighted by molar-refractivity contribution is 0.242. The van der Waals surface area contributed by atoms with Gasteiger partial charge in [0.05, 0.1) is 16.1 Å². The fraction of sp³-hybridized carbons (Fsp3) is 0.333. The first-order chi connectivity index (χ1) is 8.40. The predicted molar refractivity (Wildman–Crippen MR) is 77.5 cm³/mol. The summed E-state index contributed by atoms with van der Waals surface area (Å²) < 4.78 is 11.0. The molecule has 1 aromatic carbocycles. The lowest BCUT2D eigenvalue weighted by Gasteiger charge is -2.14. The third-order valence-electron chi connectivity index (χ3n) is 1.81. The zero-order valence-corrected chi connectivity index (χ0v) is 12.9. The van der Waals surface area contributed by atoms with Crippen LogP contribution in [0.25, 0.3) is 0 Å².